The first-order valence-corrected chi connectivity index (χ1v) is 9.50. The number of carbonyl (C=O) groups is 1. The number of nitrogens with one attached hydrogen (secondary N) is 2. The summed E-state index contributed by atoms with van der Waals surface area (Å²) in [5, 5.41) is 28.3. The summed E-state index contributed by atoms with van der Waals surface area (Å²) in [5.74, 6) is -1.62. The van der Waals surface area contributed by atoms with Crippen molar-refractivity contribution in [1.29, 1.82) is 5.41 Å². The Morgan fingerprint density at radius 3 is 1.75 bits per heavy atom. The summed E-state index contributed by atoms with van der Waals surface area (Å²) in [7, 11) is 0. The number of aliphatic hydroxyl groups excluding tert-OH is 1. The molecule has 2 atom stereocenters. The van der Waals surface area contributed by atoms with E-state index in [-0.39, 0.29) is 0 Å². The highest BCUT2D eigenvalue weighted by Gasteiger charge is 2.26. The first-order valence-electron chi connectivity index (χ1n) is 9.50. The second-order valence-electron chi connectivity index (χ2n) is 6.62. The zero-order valence-corrected chi connectivity index (χ0v) is 15.2. The maximum atomic E-state index is 11.0. The molecule has 0 aliphatic heterocycles. The van der Waals surface area contributed by atoms with Crippen LogP contribution in [0, 0.1) is 5.41 Å². The Morgan fingerprint density at radius 1 is 0.958 bits per heavy atom. The average molecular weight is 344 g/mol. The second kappa shape index (κ2) is 15.2. The summed E-state index contributed by atoms with van der Waals surface area (Å²) in [6, 6.07) is -1.20. The van der Waals surface area contributed by atoms with Crippen molar-refractivity contribution in [3.8, 4) is 0 Å². The number of rotatable bonds is 16. The highest BCUT2D eigenvalue weighted by Crippen LogP contribution is 2.13. The molecule has 0 rings (SSSR count). The molecule has 0 aromatic heterocycles. The minimum absolute atomic E-state index is 0.411. The van der Waals surface area contributed by atoms with E-state index in [2.05, 4.69) is 12.2 Å². The van der Waals surface area contributed by atoms with E-state index < -0.39 is 24.1 Å². The minimum Gasteiger partial charge on any atom is -0.480 e. The number of guanidine groups is 1. The van der Waals surface area contributed by atoms with Crippen LogP contribution in [0.3, 0.4) is 0 Å². The van der Waals surface area contributed by atoms with Crippen molar-refractivity contribution in [1.82, 2.24) is 5.32 Å². The first kappa shape index (κ1) is 22.7. The van der Waals surface area contributed by atoms with Crippen LogP contribution in [0.2, 0.25) is 0 Å². The van der Waals surface area contributed by atoms with Gasteiger partial charge in [-0.05, 0) is 6.42 Å². The van der Waals surface area contributed by atoms with E-state index in [0.29, 0.717) is 6.42 Å². The van der Waals surface area contributed by atoms with Crippen molar-refractivity contribution < 1.29 is 15.0 Å². The molecule has 6 N–H and O–H groups in total. The average Bonchev–Trinajstić information content (AvgIpc) is 2.53. The molecule has 0 heterocycles. The summed E-state index contributed by atoms with van der Waals surface area (Å²) in [4.78, 5) is 11.0. The molecule has 0 fully saturated rings. The van der Waals surface area contributed by atoms with Gasteiger partial charge in [-0.25, -0.2) is 4.79 Å². The molecule has 0 amide bonds. The Labute approximate surface area is 146 Å². The van der Waals surface area contributed by atoms with E-state index >= 15 is 0 Å². The van der Waals surface area contributed by atoms with Crippen molar-refractivity contribution in [3.05, 3.63) is 0 Å². The summed E-state index contributed by atoms with van der Waals surface area (Å²) in [5.41, 5.74) is 5.13. The smallest absolute Gasteiger partial charge is 0.328 e. The number of hydrogen-bond donors (Lipinski definition) is 5. The molecule has 0 spiro atoms. The van der Waals surface area contributed by atoms with Gasteiger partial charge >= 0.3 is 5.97 Å². The molecule has 0 aliphatic carbocycles. The number of nitrogens with two attached hydrogens (primary N) is 1. The third kappa shape index (κ3) is 13.2. The van der Waals surface area contributed by atoms with Crippen molar-refractivity contribution >= 4 is 11.9 Å². The molecule has 0 saturated heterocycles. The van der Waals surface area contributed by atoms with Crippen molar-refractivity contribution in [2.75, 3.05) is 0 Å². The summed E-state index contributed by atoms with van der Waals surface area (Å²) in [6.45, 7) is 2.24. The van der Waals surface area contributed by atoms with Gasteiger partial charge < -0.3 is 21.3 Å². The largest absolute Gasteiger partial charge is 0.480 e. The van der Waals surface area contributed by atoms with Crippen LogP contribution in [-0.4, -0.2) is 34.3 Å². The van der Waals surface area contributed by atoms with Gasteiger partial charge in [-0.1, -0.05) is 84.0 Å². The first-order chi connectivity index (χ1) is 11.5. The number of hydrogen-bond acceptors (Lipinski definition) is 3. The van der Waals surface area contributed by atoms with Gasteiger partial charge in [0.1, 0.15) is 0 Å². The molecule has 0 saturated carbocycles. The molecule has 0 radical (unpaired) electrons. The monoisotopic (exact) mass is 343 g/mol. The lowest BCUT2D eigenvalue weighted by molar-refractivity contribution is -0.142. The number of aliphatic hydroxyl groups is 1. The van der Waals surface area contributed by atoms with E-state index in [1.54, 1.807) is 0 Å². The minimum atomic E-state index is -1.20. The van der Waals surface area contributed by atoms with Crippen molar-refractivity contribution in [2.24, 2.45) is 5.73 Å². The fourth-order valence-corrected chi connectivity index (χ4v) is 2.85. The molecule has 0 aromatic rings. The Balaban J connectivity index is 3.51. The zero-order valence-electron chi connectivity index (χ0n) is 15.2. The van der Waals surface area contributed by atoms with Crippen LogP contribution < -0.4 is 11.1 Å². The lowest BCUT2D eigenvalue weighted by Crippen LogP contribution is -2.50. The topological polar surface area (TPSA) is 119 Å². The second-order valence-corrected chi connectivity index (χ2v) is 6.62. The highest BCUT2D eigenvalue weighted by molar-refractivity contribution is 5.83. The van der Waals surface area contributed by atoms with Gasteiger partial charge in [0.2, 0.25) is 0 Å². The molecule has 0 bridgehead atoms. The Morgan fingerprint density at radius 2 is 1.38 bits per heavy atom. The quantitative estimate of drug-likeness (QED) is 0.167. The van der Waals surface area contributed by atoms with Gasteiger partial charge in [0.25, 0.3) is 0 Å². The molecule has 142 valence electrons. The van der Waals surface area contributed by atoms with Crippen LogP contribution in [0.5, 0.6) is 0 Å². The van der Waals surface area contributed by atoms with Crippen LogP contribution >= 0.6 is 0 Å². The SMILES string of the molecule is CCCCCCCCCCCCCCC(O)C(NC(=N)N)C(=O)O. The molecular formula is C18H37N3O3. The predicted molar refractivity (Wildman–Crippen MR) is 98.2 cm³/mol. The molecule has 0 aliphatic rings. The van der Waals surface area contributed by atoms with Gasteiger partial charge in [0.15, 0.2) is 12.0 Å². The van der Waals surface area contributed by atoms with Crippen LogP contribution in [0.25, 0.3) is 0 Å². The normalized spacial score (nSPS) is 13.4. The molecule has 6 heteroatoms. The molecule has 6 nitrogen and oxygen atoms in total. The van der Waals surface area contributed by atoms with Crippen LogP contribution in [-0.2, 0) is 4.79 Å². The Kier molecular flexibility index (Phi) is 14.4. The molecule has 0 aromatic carbocycles. The van der Waals surface area contributed by atoms with Crippen molar-refractivity contribution in [2.45, 2.75) is 103 Å². The van der Waals surface area contributed by atoms with E-state index in [1.807, 2.05) is 0 Å². The standard InChI is InChI=1S/C18H37N3O3/c1-2-3-4-5-6-7-8-9-10-11-12-13-14-15(22)16(17(23)24)21-18(19)20/h15-16,22H,2-14H2,1H3,(H,23,24)(H4,19,20,21). The maximum Gasteiger partial charge on any atom is 0.328 e. The molecule has 24 heavy (non-hydrogen) atoms. The summed E-state index contributed by atoms with van der Waals surface area (Å²) < 4.78 is 0. The zero-order chi connectivity index (χ0) is 18.2. The van der Waals surface area contributed by atoms with Gasteiger partial charge in [-0.2, -0.15) is 0 Å². The molecule has 2 unspecified atom stereocenters. The fourth-order valence-electron chi connectivity index (χ4n) is 2.85. The Bertz CT molecular complexity index is 337. The number of aliphatic carboxylic acids is 1. The van der Waals surface area contributed by atoms with E-state index in [4.69, 9.17) is 16.2 Å². The summed E-state index contributed by atoms with van der Waals surface area (Å²) in [6.07, 6.45) is 14.2. The van der Waals surface area contributed by atoms with Crippen LogP contribution in [0.1, 0.15) is 90.4 Å². The maximum absolute atomic E-state index is 11.0. The van der Waals surface area contributed by atoms with Crippen molar-refractivity contribution in [3.63, 3.8) is 0 Å². The highest BCUT2D eigenvalue weighted by atomic mass is 16.4. The number of carboxylic acids is 1. The predicted octanol–water partition coefficient (Wildman–Crippen LogP) is 3.37. The molecular weight excluding hydrogens is 306 g/mol. The van der Waals surface area contributed by atoms with Gasteiger partial charge in [-0.3, -0.25) is 5.41 Å². The number of unbranched alkanes of at least 4 members (excludes halogenated alkanes) is 11. The lowest BCUT2D eigenvalue weighted by Gasteiger charge is -2.20. The third-order valence-corrected chi connectivity index (χ3v) is 4.32. The van der Waals surface area contributed by atoms with E-state index in [0.717, 1.165) is 19.3 Å². The van der Waals surface area contributed by atoms with Gasteiger partial charge in [0.05, 0.1) is 6.10 Å². The van der Waals surface area contributed by atoms with Crippen LogP contribution in [0.4, 0.5) is 0 Å². The van der Waals surface area contributed by atoms with Crippen LogP contribution in [0.15, 0.2) is 0 Å². The van der Waals surface area contributed by atoms with Gasteiger partial charge in [-0.15, -0.1) is 0 Å². The summed E-state index contributed by atoms with van der Waals surface area (Å²) >= 11 is 0. The lowest BCUT2D eigenvalue weighted by atomic mass is 10.0. The Hall–Kier alpha value is -1.30. The van der Waals surface area contributed by atoms with E-state index in [9.17, 15) is 9.90 Å². The third-order valence-electron chi connectivity index (χ3n) is 4.32. The number of carboxylic acid groups (broad SMARTS) is 1. The fraction of sp³-hybridized carbons (Fsp3) is 0.889. The van der Waals surface area contributed by atoms with E-state index in [1.165, 1.54) is 57.8 Å². The van der Waals surface area contributed by atoms with Gasteiger partial charge in [0, 0.05) is 0 Å².